The molecule has 0 spiro atoms. The van der Waals surface area contributed by atoms with E-state index in [4.69, 9.17) is 9.94 Å². The van der Waals surface area contributed by atoms with Gasteiger partial charge in [0.1, 0.15) is 0 Å². The van der Waals surface area contributed by atoms with Crippen LogP contribution in [0.2, 0.25) is 0 Å². The Kier molecular flexibility index (Phi) is 6.44. The largest absolute Gasteiger partial charge is 0.381 e. The van der Waals surface area contributed by atoms with E-state index >= 15 is 0 Å². The molecule has 0 bridgehead atoms. The average Bonchev–Trinajstić information content (AvgIpc) is 3.58. The van der Waals surface area contributed by atoms with E-state index in [1.807, 2.05) is 78.9 Å². The molecule has 2 heterocycles. The normalized spacial score (nSPS) is 22.6. The summed E-state index contributed by atoms with van der Waals surface area (Å²) in [5.41, 5.74) is 6.88. The fourth-order valence-electron chi connectivity index (χ4n) is 6.12. The van der Waals surface area contributed by atoms with E-state index in [2.05, 4.69) is 38.1 Å². The number of benzene rings is 3. The topological polar surface area (TPSA) is 56.5 Å². The van der Waals surface area contributed by atoms with Crippen LogP contribution in [0, 0.1) is 5.92 Å². The minimum absolute atomic E-state index is 0.184. The van der Waals surface area contributed by atoms with Gasteiger partial charge in [0.2, 0.25) is 6.10 Å². The second-order valence-corrected chi connectivity index (χ2v) is 10.8. The van der Waals surface area contributed by atoms with Gasteiger partial charge >= 0.3 is 0 Å². The van der Waals surface area contributed by atoms with Crippen LogP contribution >= 0.6 is 0 Å². The van der Waals surface area contributed by atoms with E-state index in [9.17, 15) is 4.79 Å². The van der Waals surface area contributed by atoms with Crippen LogP contribution in [0.5, 0.6) is 0 Å². The van der Waals surface area contributed by atoms with Crippen molar-refractivity contribution in [1.29, 1.82) is 0 Å². The number of oxime groups is 1. The highest BCUT2D eigenvalue weighted by Crippen LogP contribution is 2.46. The van der Waals surface area contributed by atoms with Gasteiger partial charge in [-0.25, -0.2) is 0 Å². The summed E-state index contributed by atoms with van der Waals surface area (Å²) in [6, 6.07) is 30.2. The number of aromatic nitrogens is 2. The first kappa shape index (κ1) is 24.4. The molecule has 5 nitrogen and oxygen atoms in total. The lowest BCUT2D eigenvalue weighted by Crippen LogP contribution is -2.35. The maximum atomic E-state index is 14.5. The molecule has 1 aromatic heterocycles. The quantitative estimate of drug-likeness (QED) is 0.285. The Balaban J connectivity index is 1.49. The van der Waals surface area contributed by atoms with E-state index in [0.717, 1.165) is 46.6 Å². The predicted molar refractivity (Wildman–Crippen MR) is 151 cm³/mol. The van der Waals surface area contributed by atoms with Gasteiger partial charge in [0, 0.05) is 22.6 Å². The third-order valence-corrected chi connectivity index (χ3v) is 8.10. The molecule has 0 saturated carbocycles. The van der Waals surface area contributed by atoms with Crippen LogP contribution in [0.3, 0.4) is 0 Å². The summed E-state index contributed by atoms with van der Waals surface area (Å²) in [5.74, 6) is 0.562. The first-order valence-corrected chi connectivity index (χ1v) is 13.6. The first-order valence-electron chi connectivity index (χ1n) is 13.6. The molecule has 0 saturated heterocycles. The van der Waals surface area contributed by atoms with Crippen molar-refractivity contribution in [3.8, 4) is 11.3 Å². The van der Waals surface area contributed by atoms with Gasteiger partial charge in [-0.1, -0.05) is 117 Å². The highest BCUT2D eigenvalue weighted by molar-refractivity contribution is 6.09. The van der Waals surface area contributed by atoms with Crippen LogP contribution in [0.4, 0.5) is 0 Å². The van der Waals surface area contributed by atoms with E-state index in [1.165, 1.54) is 5.56 Å². The molecule has 192 valence electrons. The average molecular weight is 504 g/mol. The maximum absolute atomic E-state index is 14.5. The van der Waals surface area contributed by atoms with E-state index in [1.54, 1.807) is 4.68 Å². The van der Waals surface area contributed by atoms with Gasteiger partial charge in [-0.2, -0.15) is 9.78 Å². The molecule has 1 aliphatic carbocycles. The molecule has 0 fully saturated rings. The number of hydrogen-bond donors (Lipinski definition) is 0. The first-order chi connectivity index (χ1) is 18.5. The molecular weight excluding hydrogens is 470 g/mol. The highest BCUT2D eigenvalue weighted by atomic mass is 16.6. The molecule has 4 atom stereocenters. The molecule has 1 aliphatic heterocycles. The van der Waals surface area contributed by atoms with Crippen molar-refractivity contribution in [1.82, 2.24) is 9.78 Å². The van der Waals surface area contributed by atoms with Crippen molar-refractivity contribution >= 4 is 11.6 Å². The number of hydrogen-bond acceptors (Lipinski definition) is 4. The number of carbonyl (C=O) groups is 1. The van der Waals surface area contributed by atoms with Crippen molar-refractivity contribution in [3.05, 3.63) is 113 Å². The second kappa shape index (κ2) is 10.1. The van der Waals surface area contributed by atoms with Gasteiger partial charge in [-0.15, -0.1) is 0 Å². The van der Waals surface area contributed by atoms with Gasteiger partial charge in [-0.3, -0.25) is 4.79 Å². The van der Waals surface area contributed by atoms with Crippen LogP contribution in [-0.2, 0) is 4.84 Å². The third-order valence-electron chi connectivity index (χ3n) is 8.10. The zero-order valence-electron chi connectivity index (χ0n) is 22.1. The summed E-state index contributed by atoms with van der Waals surface area (Å²) in [6.45, 7) is 6.76. The molecule has 6 rings (SSSR count). The Morgan fingerprint density at radius 2 is 1.47 bits per heavy atom. The van der Waals surface area contributed by atoms with E-state index in [-0.39, 0.29) is 11.8 Å². The minimum atomic E-state index is -0.816. The Labute approximate surface area is 224 Å². The zero-order valence-corrected chi connectivity index (χ0v) is 22.1. The maximum Gasteiger partial charge on any atom is 0.292 e. The van der Waals surface area contributed by atoms with Crippen molar-refractivity contribution in [2.75, 3.05) is 0 Å². The molecule has 4 aromatic rings. The predicted octanol–water partition coefficient (Wildman–Crippen LogP) is 7.41. The Morgan fingerprint density at radius 1 is 0.868 bits per heavy atom. The summed E-state index contributed by atoms with van der Waals surface area (Å²) in [5, 5.41) is 9.58. The summed E-state index contributed by atoms with van der Waals surface area (Å²) in [6.07, 6.45) is 1.35. The molecule has 0 N–H and O–H groups in total. The monoisotopic (exact) mass is 503 g/mol. The molecule has 38 heavy (non-hydrogen) atoms. The molecule has 0 unspecified atom stereocenters. The van der Waals surface area contributed by atoms with Crippen molar-refractivity contribution in [2.24, 2.45) is 11.1 Å². The summed E-state index contributed by atoms with van der Waals surface area (Å²) < 4.78 is 1.64. The van der Waals surface area contributed by atoms with Crippen LogP contribution in [0.15, 0.2) is 96.2 Å². The highest BCUT2D eigenvalue weighted by Gasteiger charge is 2.44. The second-order valence-electron chi connectivity index (χ2n) is 10.8. The van der Waals surface area contributed by atoms with Crippen LogP contribution in [0.1, 0.15) is 78.5 Å². The Bertz CT molecular complexity index is 1460. The SMILES string of the molecule is CC(C)[C@@H]1CC[C@@H](C)c2c1nn(C(=O)[C@@H]1ON=C(c3ccccc3)[C@H]1c1ccccc1)c2-c1ccccc1. The summed E-state index contributed by atoms with van der Waals surface area (Å²) in [7, 11) is 0. The third kappa shape index (κ3) is 4.16. The van der Waals surface area contributed by atoms with Crippen molar-refractivity contribution < 1.29 is 9.63 Å². The lowest BCUT2D eigenvalue weighted by Gasteiger charge is -2.28. The minimum Gasteiger partial charge on any atom is -0.381 e. The van der Waals surface area contributed by atoms with Gasteiger partial charge in [0.05, 0.1) is 23.0 Å². The Morgan fingerprint density at radius 3 is 2.11 bits per heavy atom. The molecular formula is C33H33N3O2. The van der Waals surface area contributed by atoms with Crippen molar-refractivity contribution in [3.63, 3.8) is 0 Å². The van der Waals surface area contributed by atoms with Gasteiger partial charge in [0.15, 0.2) is 0 Å². The van der Waals surface area contributed by atoms with Crippen molar-refractivity contribution in [2.45, 2.75) is 57.5 Å². The number of fused-ring (bicyclic) bond motifs is 1. The van der Waals surface area contributed by atoms with Crippen LogP contribution in [0.25, 0.3) is 11.3 Å². The van der Waals surface area contributed by atoms with Crippen LogP contribution in [-0.4, -0.2) is 27.5 Å². The number of rotatable bonds is 5. The van der Waals surface area contributed by atoms with Crippen LogP contribution < -0.4 is 0 Å². The zero-order chi connectivity index (χ0) is 26.2. The standard InChI is InChI=1S/C33H33N3O2/c1-21(2)26-20-19-22(3)27-30(26)34-36(31(27)25-17-11-6-12-18-25)33(37)32-28(23-13-7-4-8-14-23)29(35-38-32)24-15-9-5-10-16-24/h4-18,21-22,26,28,32H,19-20H2,1-3H3/t22-,26+,28-,32-/m1/s1. The Hall–Kier alpha value is -3.99. The smallest absolute Gasteiger partial charge is 0.292 e. The fraction of sp³-hybridized carbons (Fsp3) is 0.303. The lowest BCUT2D eigenvalue weighted by atomic mass is 9.75. The molecule has 2 aliphatic rings. The van der Waals surface area contributed by atoms with E-state index in [0.29, 0.717) is 17.8 Å². The molecule has 0 amide bonds. The number of carbonyl (C=O) groups excluding carboxylic acids is 1. The van der Waals surface area contributed by atoms with Gasteiger partial charge < -0.3 is 4.84 Å². The van der Waals surface area contributed by atoms with Gasteiger partial charge in [0.25, 0.3) is 5.91 Å². The molecule has 5 heteroatoms. The molecule has 3 aromatic carbocycles. The van der Waals surface area contributed by atoms with E-state index < -0.39 is 6.10 Å². The summed E-state index contributed by atoms with van der Waals surface area (Å²) >= 11 is 0. The lowest BCUT2D eigenvalue weighted by molar-refractivity contribution is 0.0418. The summed E-state index contributed by atoms with van der Waals surface area (Å²) in [4.78, 5) is 20.5. The fourth-order valence-corrected chi connectivity index (χ4v) is 6.12. The molecule has 0 radical (unpaired) electrons. The number of nitrogens with zero attached hydrogens (tertiary/aromatic N) is 3. The van der Waals surface area contributed by atoms with Gasteiger partial charge in [-0.05, 0) is 30.2 Å².